The van der Waals surface area contributed by atoms with Crippen LogP contribution in [0.4, 0.5) is 0 Å². The number of aromatic amines is 1. The van der Waals surface area contributed by atoms with Crippen LogP contribution >= 0.6 is 0 Å². The van der Waals surface area contributed by atoms with Crippen molar-refractivity contribution in [1.82, 2.24) is 4.98 Å². The minimum absolute atomic E-state index is 0.171. The van der Waals surface area contributed by atoms with Gasteiger partial charge in [-0.05, 0) is 61.4 Å². The average Bonchev–Trinajstić information content (AvgIpc) is 3.23. The smallest absolute Gasteiger partial charge is 0.337 e. The maximum Gasteiger partial charge on any atom is 0.337 e. The highest BCUT2D eigenvalue weighted by atomic mass is 16.5. The van der Waals surface area contributed by atoms with E-state index >= 15 is 0 Å². The molecule has 7 heteroatoms. The zero-order valence-electron chi connectivity index (χ0n) is 19.4. The normalized spacial score (nSPS) is 11.0. The Bertz CT molecular complexity index is 1390. The van der Waals surface area contributed by atoms with Gasteiger partial charge in [0.2, 0.25) is 5.75 Å². The monoisotopic (exact) mass is 447 g/mol. The Balaban J connectivity index is 1.95. The molecule has 0 unspecified atom stereocenters. The Hall–Kier alpha value is -4.00. The lowest BCUT2D eigenvalue weighted by atomic mass is 9.92. The van der Waals surface area contributed by atoms with Gasteiger partial charge < -0.3 is 23.9 Å². The fourth-order valence-electron chi connectivity index (χ4n) is 4.26. The highest BCUT2D eigenvalue weighted by Gasteiger charge is 2.22. The van der Waals surface area contributed by atoms with Gasteiger partial charge in [-0.25, -0.2) is 4.79 Å². The summed E-state index contributed by atoms with van der Waals surface area (Å²) in [5, 5.41) is 1.75. The largest absolute Gasteiger partial charge is 0.493 e. The number of carbonyl (C=O) groups is 2. The second-order valence-corrected chi connectivity index (χ2v) is 7.74. The molecule has 7 nitrogen and oxygen atoms in total. The van der Waals surface area contributed by atoms with Gasteiger partial charge in [0.05, 0.1) is 34.0 Å². The second kappa shape index (κ2) is 8.50. The summed E-state index contributed by atoms with van der Waals surface area (Å²) in [5.74, 6) is 0.656. The third-order valence-electron chi connectivity index (χ3n) is 5.93. The first-order chi connectivity index (χ1) is 15.8. The molecular weight excluding hydrogens is 422 g/mol. The first kappa shape index (κ1) is 22.2. The van der Waals surface area contributed by atoms with E-state index in [-0.39, 0.29) is 5.78 Å². The van der Waals surface area contributed by atoms with E-state index < -0.39 is 5.97 Å². The number of hydrogen-bond donors (Lipinski definition) is 1. The van der Waals surface area contributed by atoms with Crippen molar-refractivity contribution in [3.63, 3.8) is 0 Å². The van der Waals surface area contributed by atoms with Crippen LogP contribution in [0.25, 0.3) is 21.8 Å². The molecule has 1 heterocycles. The molecule has 0 aliphatic carbocycles. The van der Waals surface area contributed by atoms with Gasteiger partial charge in [-0.1, -0.05) is 0 Å². The number of H-pyrrole nitrogens is 1. The lowest BCUT2D eigenvalue weighted by molar-refractivity contribution is 0.0601. The Morgan fingerprint density at radius 1 is 0.818 bits per heavy atom. The van der Waals surface area contributed by atoms with Crippen LogP contribution in [0.3, 0.4) is 0 Å². The van der Waals surface area contributed by atoms with E-state index in [1.807, 2.05) is 26.0 Å². The molecule has 0 saturated carbocycles. The Morgan fingerprint density at radius 3 is 2.06 bits per heavy atom. The predicted molar refractivity (Wildman–Crippen MR) is 126 cm³/mol. The van der Waals surface area contributed by atoms with E-state index in [0.717, 1.165) is 32.9 Å². The number of nitrogens with one attached hydrogen (secondary N) is 1. The van der Waals surface area contributed by atoms with Gasteiger partial charge in [-0.15, -0.1) is 0 Å². The summed E-state index contributed by atoms with van der Waals surface area (Å²) in [4.78, 5) is 29.1. The number of ketones is 1. The number of hydrogen-bond acceptors (Lipinski definition) is 6. The number of ether oxygens (including phenoxy) is 4. The predicted octanol–water partition coefficient (Wildman–Crippen LogP) is 4.98. The highest BCUT2D eigenvalue weighted by Crippen LogP contribution is 2.40. The van der Waals surface area contributed by atoms with Crippen LogP contribution < -0.4 is 14.2 Å². The van der Waals surface area contributed by atoms with Crippen molar-refractivity contribution in [3.05, 3.63) is 64.2 Å². The number of carbonyl (C=O) groups excluding carboxylic acids is 2. The third kappa shape index (κ3) is 3.55. The Kier molecular flexibility index (Phi) is 5.72. The van der Waals surface area contributed by atoms with Crippen molar-refractivity contribution in [3.8, 4) is 17.2 Å². The van der Waals surface area contributed by atoms with Crippen LogP contribution in [-0.2, 0) is 4.74 Å². The van der Waals surface area contributed by atoms with Crippen LogP contribution in [0.1, 0.15) is 37.4 Å². The summed E-state index contributed by atoms with van der Waals surface area (Å²) in [5.41, 5.74) is 4.95. The summed E-state index contributed by atoms with van der Waals surface area (Å²) in [7, 11) is 5.89. The lowest BCUT2D eigenvalue weighted by Crippen LogP contribution is -2.07. The summed E-state index contributed by atoms with van der Waals surface area (Å²) in [6, 6.07) is 10.5. The van der Waals surface area contributed by atoms with Crippen molar-refractivity contribution in [2.24, 2.45) is 0 Å². The number of esters is 1. The van der Waals surface area contributed by atoms with Gasteiger partial charge in [0.25, 0.3) is 0 Å². The zero-order chi connectivity index (χ0) is 23.9. The average molecular weight is 447 g/mol. The molecule has 170 valence electrons. The van der Waals surface area contributed by atoms with Crippen molar-refractivity contribution in [2.45, 2.75) is 13.8 Å². The molecule has 4 rings (SSSR count). The Labute approximate surface area is 191 Å². The van der Waals surface area contributed by atoms with E-state index in [1.165, 1.54) is 28.4 Å². The Morgan fingerprint density at radius 2 is 1.48 bits per heavy atom. The fourth-order valence-corrected chi connectivity index (χ4v) is 4.26. The van der Waals surface area contributed by atoms with Gasteiger partial charge in [0.15, 0.2) is 17.3 Å². The van der Waals surface area contributed by atoms with E-state index in [2.05, 4.69) is 4.98 Å². The first-order valence-corrected chi connectivity index (χ1v) is 10.3. The third-order valence-corrected chi connectivity index (χ3v) is 5.93. The molecule has 0 fully saturated rings. The van der Waals surface area contributed by atoms with E-state index in [0.29, 0.717) is 33.9 Å². The van der Waals surface area contributed by atoms with Gasteiger partial charge in [0, 0.05) is 32.9 Å². The molecule has 0 saturated heterocycles. The zero-order valence-corrected chi connectivity index (χ0v) is 19.4. The van der Waals surface area contributed by atoms with Crippen molar-refractivity contribution < 1.29 is 28.5 Å². The van der Waals surface area contributed by atoms with Crippen molar-refractivity contribution >= 4 is 33.6 Å². The van der Waals surface area contributed by atoms with Crippen LogP contribution in [-0.4, -0.2) is 45.2 Å². The maximum atomic E-state index is 13.6. The molecule has 33 heavy (non-hydrogen) atoms. The number of aryl methyl sites for hydroxylation is 2. The van der Waals surface area contributed by atoms with Crippen LogP contribution in [0.5, 0.6) is 17.2 Å². The number of rotatable bonds is 6. The topological polar surface area (TPSA) is 86.9 Å². The molecule has 3 aromatic carbocycles. The maximum absolute atomic E-state index is 13.6. The standard InChI is InChI=1S/C26H25NO6/c1-13-9-17(24(28)16-11-20(30-3)25(32-5)21(12-16)31-4)14(2)22-18-10-15(26(29)33-6)7-8-19(18)27-23(13)22/h7-12,27H,1-6H3. The molecule has 1 aromatic heterocycles. The van der Waals surface area contributed by atoms with Gasteiger partial charge in [-0.3, -0.25) is 4.79 Å². The molecule has 0 bridgehead atoms. The summed E-state index contributed by atoms with van der Waals surface area (Å²) in [6.45, 7) is 3.86. The van der Waals surface area contributed by atoms with Gasteiger partial charge in [0.1, 0.15) is 0 Å². The van der Waals surface area contributed by atoms with Gasteiger partial charge in [-0.2, -0.15) is 0 Å². The van der Waals surface area contributed by atoms with Crippen LogP contribution in [0.2, 0.25) is 0 Å². The SMILES string of the molecule is COC(=O)c1ccc2[nH]c3c(C)cc(C(=O)c4cc(OC)c(OC)c(OC)c4)c(C)c3c2c1. The number of fused-ring (bicyclic) bond motifs is 3. The van der Waals surface area contributed by atoms with Gasteiger partial charge >= 0.3 is 5.97 Å². The summed E-state index contributed by atoms with van der Waals surface area (Å²) >= 11 is 0. The number of aromatic nitrogens is 1. The molecule has 4 aromatic rings. The first-order valence-electron chi connectivity index (χ1n) is 10.3. The van der Waals surface area contributed by atoms with Crippen LogP contribution in [0.15, 0.2) is 36.4 Å². The van der Waals surface area contributed by atoms with Crippen molar-refractivity contribution in [1.29, 1.82) is 0 Å². The van der Waals surface area contributed by atoms with Crippen molar-refractivity contribution in [2.75, 3.05) is 28.4 Å². The van der Waals surface area contributed by atoms with E-state index in [4.69, 9.17) is 18.9 Å². The molecule has 0 aliphatic rings. The number of methoxy groups -OCH3 is 4. The fraction of sp³-hybridized carbons (Fsp3) is 0.231. The van der Waals surface area contributed by atoms with Crippen LogP contribution in [0, 0.1) is 13.8 Å². The van der Waals surface area contributed by atoms with E-state index in [9.17, 15) is 9.59 Å². The molecule has 0 amide bonds. The molecule has 0 atom stereocenters. The summed E-state index contributed by atoms with van der Waals surface area (Å²) < 4.78 is 21.1. The van der Waals surface area contributed by atoms with E-state index in [1.54, 1.807) is 24.3 Å². The second-order valence-electron chi connectivity index (χ2n) is 7.74. The summed E-state index contributed by atoms with van der Waals surface area (Å²) in [6.07, 6.45) is 0. The minimum Gasteiger partial charge on any atom is -0.493 e. The highest BCUT2D eigenvalue weighted by molar-refractivity contribution is 6.18. The lowest BCUT2D eigenvalue weighted by Gasteiger charge is -2.15. The molecule has 0 spiro atoms. The molecule has 1 N–H and O–H groups in total. The minimum atomic E-state index is -0.412. The molecule has 0 radical (unpaired) electrons. The number of benzene rings is 3. The molecule has 0 aliphatic heterocycles. The quantitative estimate of drug-likeness (QED) is 0.331. The molecular formula is C26H25NO6.